The minimum absolute atomic E-state index is 0.118. The van der Waals surface area contributed by atoms with Gasteiger partial charge in [0.1, 0.15) is 17.5 Å². The fraction of sp³-hybridized carbons (Fsp3) is 0.250. The molecular weight excluding hydrogens is 238 g/mol. The number of nitrogen functional groups attached to an aromatic ring is 1. The molecule has 0 spiro atoms. The summed E-state index contributed by atoms with van der Waals surface area (Å²) in [5.74, 6) is -0.641. The molecule has 1 aromatic carbocycles. The van der Waals surface area contributed by atoms with Gasteiger partial charge in [-0.05, 0) is 12.1 Å². The molecule has 0 fully saturated rings. The molecule has 0 unspecified atom stereocenters. The van der Waals surface area contributed by atoms with Crippen LogP contribution in [0.2, 0.25) is 0 Å². The van der Waals surface area contributed by atoms with Crippen LogP contribution in [0, 0.1) is 11.6 Å². The molecule has 0 bridgehead atoms. The largest absolute Gasteiger partial charge is 0.384 e. The second kappa shape index (κ2) is 4.29. The van der Waals surface area contributed by atoms with Crippen LogP contribution >= 0.6 is 0 Å². The quantitative estimate of drug-likeness (QED) is 0.889. The molecule has 0 aliphatic rings. The van der Waals surface area contributed by atoms with Gasteiger partial charge in [-0.2, -0.15) is 5.10 Å². The highest BCUT2D eigenvalue weighted by molar-refractivity contribution is 5.78. The Bertz CT molecular complexity index is 571. The van der Waals surface area contributed by atoms with Gasteiger partial charge >= 0.3 is 0 Å². The molecule has 2 N–H and O–H groups in total. The third kappa shape index (κ3) is 1.90. The van der Waals surface area contributed by atoms with Crippen LogP contribution < -0.4 is 10.6 Å². The van der Waals surface area contributed by atoms with E-state index in [9.17, 15) is 8.78 Å². The molecule has 0 saturated heterocycles. The summed E-state index contributed by atoms with van der Waals surface area (Å²) < 4.78 is 29.1. The number of halogens is 2. The Hall–Kier alpha value is -2.11. The average Bonchev–Trinajstić information content (AvgIpc) is 2.61. The zero-order valence-corrected chi connectivity index (χ0v) is 10.4. The van der Waals surface area contributed by atoms with E-state index in [4.69, 9.17) is 5.73 Å². The summed E-state index contributed by atoms with van der Waals surface area (Å²) in [7, 11) is 4.94. The molecular formula is C12H14F2N4. The lowest BCUT2D eigenvalue weighted by Gasteiger charge is -2.17. The molecule has 0 aliphatic carbocycles. The van der Waals surface area contributed by atoms with Crippen molar-refractivity contribution in [3.05, 3.63) is 29.8 Å². The number of nitrogens with two attached hydrogens (primary N) is 1. The number of benzene rings is 1. The topological polar surface area (TPSA) is 47.1 Å². The van der Waals surface area contributed by atoms with Gasteiger partial charge < -0.3 is 10.6 Å². The first-order valence-corrected chi connectivity index (χ1v) is 5.37. The minimum atomic E-state index is -0.529. The number of hydrogen-bond donors (Lipinski definition) is 1. The highest BCUT2D eigenvalue weighted by Crippen LogP contribution is 2.34. The van der Waals surface area contributed by atoms with Crippen LogP contribution in [-0.4, -0.2) is 23.9 Å². The van der Waals surface area contributed by atoms with Crippen molar-refractivity contribution < 1.29 is 8.78 Å². The molecule has 0 atom stereocenters. The van der Waals surface area contributed by atoms with Gasteiger partial charge in [-0.1, -0.05) is 0 Å². The molecule has 0 aliphatic heterocycles. The Balaban J connectivity index is 2.73. The minimum Gasteiger partial charge on any atom is -0.384 e. The Morgan fingerprint density at radius 1 is 1.22 bits per heavy atom. The summed E-state index contributed by atoms with van der Waals surface area (Å²) in [5.41, 5.74) is 6.26. The molecule has 96 valence electrons. The Labute approximate surface area is 104 Å². The van der Waals surface area contributed by atoms with Crippen molar-refractivity contribution in [2.24, 2.45) is 7.05 Å². The standard InChI is InChI=1S/C12H14F2N4/c1-17(2)12-8(14)5-4-7(13)11(12)9-6-10(15)18(3)16-9/h4-6H,15H2,1-3H3. The first-order valence-electron chi connectivity index (χ1n) is 5.37. The van der Waals surface area contributed by atoms with E-state index in [2.05, 4.69) is 5.10 Å². The number of rotatable bonds is 2. The molecule has 0 radical (unpaired) electrons. The number of aromatic nitrogens is 2. The van der Waals surface area contributed by atoms with Gasteiger partial charge in [0.05, 0.1) is 16.9 Å². The van der Waals surface area contributed by atoms with Crippen LogP contribution in [-0.2, 0) is 7.05 Å². The van der Waals surface area contributed by atoms with E-state index in [1.807, 2.05) is 0 Å². The Morgan fingerprint density at radius 3 is 2.33 bits per heavy atom. The third-order valence-electron chi connectivity index (χ3n) is 2.70. The van der Waals surface area contributed by atoms with Gasteiger partial charge in [0, 0.05) is 27.2 Å². The zero-order valence-electron chi connectivity index (χ0n) is 10.4. The van der Waals surface area contributed by atoms with Crippen molar-refractivity contribution in [2.75, 3.05) is 24.7 Å². The molecule has 18 heavy (non-hydrogen) atoms. The molecule has 0 amide bonds. The van der Waals surface area contributed by atoms with E-state index in [1.165, 1.54) is 15.6 Å². The van der Waals surface area contributed by atoms with Gasteiger partial charge in [-0.25, -0.2) is 8.78 Å². The van der Waals surface area contributed by atoms with Crippen LogP contribution in [0.5, 0.6) is 0 Å². The molecule has 2 rings (SSSR count). The monoisotopic (exact) mass is 252 g/mol. The predicted octanol–water partition coefficient (Wildman–Crippen LogP) is 2.01. The van der Waals surface area contributed by atoms with E-state index in [1.54, 1.807) is 21.1 Å². The normalized spacial score (nSPS) is 10.7. The molecule has 4 nitrogen and oxygen atoms in total. The Kier molecular flexibility index (Phi) is 2.94. The lowest BCUT2D eigenvalue weighted by atomic mass is 10.1. The molecule has 2 aromatic rings. The summed E-state index contributed by atoms with van der Waals surface area (Å²) >= 11 is 0. The van der Waals surface area contributed by atoms with E-state index in [-0.39, 0.29) is 11.3 Å². The summed E-state index contributed by atoms with van der Waals surface area (Å²) in [6.45, 7) is 0. The zero-order chi connectivity index (χ0) is 13.4. The predicted molar refractivity (Wildman–Crippen MR) is 67.3 cm³/mol. The van der Waals surface area contributed by atoms with Crippen molar-refractivity contribution in [1.82, 2.24) is 9.78 Å². The first kappa shape index (κ1) is 12.3. The van der Waals surface area contributed by atoms with E-state index in [0.717, 1.165) is 12.1 Å². The van der Waals surface area contributed by atoms with Crippen LogP contribution in [0.4, 0.5) is 20.3 Å². The summed E-state index contributed by atoms with van der Waals surface area (Å²) in [6, 6.07) is 3.70. The maximum absolute atomic E-state index is 13.9. The number of hydrogen-bond acceptors (Lipinski definition) is 3. The smallest absolute Gasteiger partial charge is 0.147 e. The maximum atomic E-state index is 13.9. The fourth-order valence-corrected chi connectivity index (χ4v) is 1.83. The van der Waals surface area contributed by atoms with E-state index < -0.39 is 11.6 Å². The number of nitrogens with zero attached hydrogens (tertiary/aromatic N) is 3. The molecule has 0 saturated carbocycles. The second-order valence-corrected chi connectivity index (χ2v) is 4.23. The van der Waals surface area contributed by atoms with E-state index in [0.29, 0.717) is 11.5 Å². The molecule has 6 heteroatoms. The highest BCUT2D eigenvalue weighted by Gasteiger charge is 2.19. The second-order valence-electron chi connectivity index (χ2n) is 4.23. The fourth-order valence-electron chi connectivity index (χ4n) is 1.83. The number of aryl methyl sites for hydroxylation is 1. The third-order valence-corrected chi connectivity index (χ3v) is 2.70. The first-order chi connectivity index (χ1) is 8.41. The van der Waals surface area contributed by atoms with Gasteiger partial charge in [0.15, 0.2) is 0 Å². The maximum Gasteiger partial charge on any atom is 0.147 e. The van der Waals surface area contributed by atoms with Gasteiger partial charge in [0.2, 0.25) is 0 Å². The van der Waals surface area contributed by atoms with Crippen molar-refractivity contribution in [3.8, 4) is 11.3 Å². The van der Waals surface area contributed by atoms with Crippen molar-refractivity contribution in [1.29, 1.82) is 0 Å². The van der Waals surface area contributed by atoms with Crippen LogP contribution in [0.25, 0.3) is 11.3 Å². The Morgan fingerprint density at radius 2 is 1.83 bits per heavy atom. The lowest BCUT2D eigenvalue weighted by molar-refractivity contribution is 0.601. The lowest BCUT2D eigenvalue weighted by Crippen LogP contribution is -2.13. The summed E-state index contributed by atoms with van der Waals surface area (Å²) in [6.07, 6.45) is 0. The van der Waals surface area contributed by atoms with Crippen molar-refractivity contribution in [2.45, 2.75) is 0 Å². The average molecular weight is 252 g/mol. The SMILES string of the molecule is CN(C)c1c(F)ccc(F)c1-c1cc(N)n(C)n1. The van der Waals surface area contributed by atoms with Gasteiger partial charge in [0.25, 0.3) is 0 Å². The summed E-state index contributed by atoms with van der Waals surface area (Å²) in [5, 5.41) is 4.08. The van der Waals surface area contributed by atoms with Crippen LogP contribution in [0.1, 0.15) is 0 Å². The van der Waals surface area contributed by atoms with Gasteiger partial charge in [-0.3, -0.25) is 4.68 Å². The summed E-state index contributed by atoms with van der Waals surface area (Å²) in [4.78, 5) is 1.51. The van der Waals surface area contributed by atoms with Crippen LogP contribution in [0.15, 0.2) is 18.2 Å². The van der Waals surface area contributed by atoms with Crippen LogP contribution in [0.3, 0.4) is 0 Å². The van der Waals surface area contributed by atoms with Crippen molar-refractivity contribution >= 4 is 11.5 Å². The van der Waals surface area contributed by atoms with Crippen molar-refractivity contribution in [3.63, 3.8) is 0 Å². The molecule has 1 heterocycles. The van der Waals surface area contributed by atoms with E-state index >= 15 is 0 Å². The number of anilines is 2. The molecule has 1 aromatic heterocycles. The van der Waals surface area contributed by atoms with Gasteiger partial charge in [-0.15, -0.1) is 0 Å². The highest BCUT2D eigenvalue weighted by atomic mass is 19.1.